The molecule has 0 aliphatic carbocycles. The Kier molecular flexibility index (Phi) is 3.53. The van der Waals surface area contributed by atoms with E-state index < -0.39 is 0 Å². The fourth-order valence-corrected chi connectivity index (χ4v) is 3.06. The summed E-state index contributed by atoms with van der Waals surface area (Å²) < 4.78 is 22.8. The fraction of sp³-hybridized carbons (Fsp3) is 0.500. The van der Waals surface area contributed by atoms with Crippen molar-refractivity contribution in [1.82, 2.24) is 5.16 Å². The SMILES string of the molecule is CC1(C)CCc2ccc(OCc3noc4c3COCC4)cc2O1. The van der Waals surface area contributed by atoms with Crippen LogP contribution in [0.3, 0.4) is 0 Å². The highest BCUT2D eigenvalue weighted by Gasteiger charge is 2.27. The Morgan fingerprint density at radius 3 is 3.09 bits per heavy atom. The summed E-state index contributed by atoms with van der Waals surface area (Å²) in [6.07, 6.45) is 2.85. The lowest BCUT2D eigenvalue weighted by Crippen LogP contribution is -2.32. The van der Waals surface area contributed by atoms with Gasteiger partial charge in [0.25, 0.3) is 0 Å². The van der Waals surface area contributed by atoms with Gasteiger partial charge in [0, 0.05) is 18.1 Å². The van der Waals surface area contributed by atoms with E-state index in [9.17, 15) is 0 Å². The third-order valence-corrected chi connectivity index (χ3v) is 4.47. The van der Waals surface area contributed by atoms with Crippen LogP contribution < -0.4 is 9.47 Å². The molecular formula is C18H21NO4. The minimum absolute atomic E-state index is 0.117. The monoisotopic (exact) mass is 315 g/mol. The largest absolute Gasteiger partial charge is 0.487 e. The molecule has 2 aliphatic heterocycles. The zero-order valence-corrected chi connectivity index (χ0v) is 13.6. The van der Waals surface area contributed by atoms with Gasteiger partial charge in [0.2, 0.25) is 0 Å². The van der Waals surface area contributed by atoms with Gasteiger partial charge in [-0.15, -0.1) is 0 Å². The van der Waals surface area contributed by atoms with Crippen LogP contribution in [-0.2, 0) is 30.8 Å². The van der Waals surface area contributed by atoms with Crippen molar-refractivity contribution in [3.05, 3.63) is 40.8 Å². The predicted octanol–water partition coefficient (Wildman–Crippen LogP) is 3.43. The maximum atomic E-state index is 6.05. The van der Waals surface area contributed by atoms with Crippen molar-refractivity contribution < 1.29 is 18.7 Å². The molecule has 0 bridgehead atoms. The van der Waals surface area contributed by atoms with Gasteiger partial charge in [-0.25, -0.2) is 0 Å². The number of aromatic nitrogens is 1. The molecular weight excluding hydrogens is 294 g/mol. The minimum Gasteiger partial charge on any atom is -0.487 e. The van der Waals surface area contributed by atoms with Gasteiger partial charge in [0.05, 0.1) is 13.2 Å². The first-order valence-corrected chi connectivity index (χ1v) is 8.09. The standard InChI is InChI=1S/C18H21NO4/c1-18(2)7-5-12-3-4-13(9-17(12)22-18)21-11-15-14-10-20-8-6-16(14)23-19-15/h3-4,9H,5-8,10-11H2,1-2H3. The number of aryl methyl sites for hydroxylation is 1. The first-order valence-electron chi connectivity index (χ1n) is 8.09. The molecule has 0 saturated carbocycles. The lowest BCUT2D eigenvalue weighted by molar-refractivity contribution is 0.0841. The molecule has 23 heavy (non-hydrogen) atoms. The van der Waals surface area contributed by atoms with Crippen LogP contribution in [0.2, 0.25) is 0 Å². The van der Waals surface area contributed by atoms with E-state index in [1.54, 1.807) is 0 Å². The van der Waals surface area contributed by atoms with Gasteiger partial charge in [0.15, 0.2) is 0 Å². The molecule has 2 aliphatic rings. The van der Waals surface area contributed by atoms with E-state index in [2.05, 4.69) is 25.1 Å². The van der Waals surface area contributed by atoms with Gasteiger partial charge in [-0.2, -0.15) is 0 Å². The maximum Gasteiger partial charge on any atom is 0.144 e. The molecule has 0 amide bonds. The van der Waals surface area contributed by atoms with Gasteiger partial charge in [-0.05, 0) is 38.3 Å². The molecule has 3 heterocycles. The number of fused-ring (bicyclic) bond motifs is 2. The minimum atomic E-state index is -0.117. The Bertz CT molecular complexity index is 720. The van der Waals surface area contributed by atoms with Crippen molar-refractivity contribution in [2.75, 3.05) is 6.61 Å². The molecule has 0 unspecified atom stereocenters. The summed E-state index contributed by atoms with van der Waals surface area (Å²) in [4.78, 5) is 0. The lowest BCUT2D eigenvalue weighted by atomic mass is 9.94. The first kappa shape index (κ1) is 14.6. The van der Waals surface area contributed by atoms with Crippen molar-refractivity contribution in [3.63, 3.8) is 0 Å². The molecule has 0 spiro atoms. The van der Waals surface area contributed by atoms with Crippen LogP contribution in [0.4, 0.5) is 0 Å². The molecule has 1 aromatic heterocycles. The smallest absolute Gasteiger partial charge is 0.144 e. The van der Waals surface area contributed by atoms with Crippen molar-refractivity contribution in [3.8, 4) is 11.5 Å². The molecule has 5 heteroatoms. The maximum absolute atomic E-state index is 6.05. The summed E-state index contributed by atoms with van der Waals surface area (Å²) in [5, 5.41) is 4.11. The van der Waals surface area contributed by atoms with Crippen molar-refractivity contribution in [2.24, 2.45) is 0 Å². The second-order valence-electron chi connectivity index (χ2n) is 6.75. The Morgan fingerprint density at radius 1 is 1.26 bits per heavy atom. The van der Waals surface area contributed by atoms with E-state index in [-0.39, 0.29) is 5.60 Å². The number of hydrogen-bond acceptors (Lipinski definition) is 5. The van der Waals surface area contributed by atoms with Gasteiger partial charge < -0.3 is 18.7 Å². The average molecular weight is 315 g/mol. The summed E-state index contributed by atoms with van der Waals surface area (Å²) >= 11 is 0. The normalized spacial score (nSPS) is 18.7. The summed E-state index contributed by atoms with van der Waals surface area (Å²) in [5.41, 5.74) is 2.97. The van der Waals surface area contributed by atoms with E-state index in [0.717, 1.165) is 47.8 Å². The van der Waals surface area contributed by atoms with Crippen LogP contribution >= 0.6 is 0 Å². The molecule has 0 N–H and O–H groups in total. The molecule has 2 aromatic rings. The summed E-state index contributed by atoms with van der Waals surface area (Å²) in [7, 11) is 0. The summed E-state index contributed by atoms with van der Waals surface area (Å²) in [6.45, 7) is 5.86. The topological polar surface area (TPSA) is 53.7 Å². The summed E-state index contributed by atoms with van der Waals surface area (Å²) in [5.74, 6) is 2.63. The van der Waals surface area contributed by atoms with Gasteiger partial charge in [-0.3, -0.25) is 0 Å². The van der Waals surface area contributed by atoms with Crippen LogP contribution in [0.5, 0.6) is 11.5 Å². The molecule has 4 rings (SSSR count). The first-order chi connectivity index (χ1) is 11.1. The number of hydrogen-bond donors (Lipinski definition) is 0. The second-order valence-corrected chi connectivity index (χ2v) is 6.75. The Hall–Kier alpha value is -2.01. The highest BCUT2D eigenvalue weighted by molar-refractivity contribution is 5.42. The number of benzene rings is 1. The second kappa shape index (κ2) is 5.57. The number of nitrogens with zero attached hydrogens (tertiary/aromatic N) is 1. The molecule has 0 saturated heterocycles. The average Bonchev–Trinajstić information content (AvgIpc) is 2.95. The van der Waals surface area contributed by atoms with Crippen molar-refractivity contribution >= 4 is 0 Å². The molecule has 0 fully saturated rings. The zero-order chi connectivity index (χ0) is 15.9. The van der Waals surface area contributed by atoms with Crippen LogP contribution in [0, 0.1) is 0 Å². The van der Waals surface area contributed by atoms with E-state index in [4.69, 9.17) is 18.7 Å². The predicted molar refractivity (Wildman–Crippen MR) is 83.7 cm³/mol. The van der Waals surface area contributed by atoms with Gasteiger partial charge in [0.1, 0.15) is 35.2 Å². The van der Waals surface area contributed by atoms with Crippen LogP contribution in [0.1, 0.15) is 42.8 Å². The molecule has 122 valence electrons. The number of ether oxygens (including phenoxy) is 3. The van der Waals surface area contributed by atoms with Gasteiger partial charge in [-0.1, -0.05) is 11.2 Å². The van der Waals surface area contributed by atoms with Crippen molar-refractivity contribution in [2.45, 2.75) is 51.9 Å². The van der Waals surface area contributed by atoms with E-state index in [0.29, 0.717) is 19.8 Å². The molecule has 0 atom stereocenters. The molecule has 0 radical (unpaired) electrons. The van der Waals surface area contributed by atoms with Crippen molar-refractivity contribution in [1.29, 1.82) is 0 Å². The Morgan fingerprint density at radius 2 is 2.17 bits per heavy atom. The lowest BCUT2D eigenvalue weighted by Gasteiger charge is -2.32. The molecule has 1 aromatic carbocycles. The van der Waals surface area contributed by atoms with E-state index in [1.165, 1.54) is 5.56 Å². The van der Waals surface area contributed by atoms with Crippen LogP contribution in [-0.4, -0.2) is 17.4 Å². The highest BCUT2D eigenvalue weighted by Crippen LogP contribution is 2.35. The van der Waals surface area contributed by atoms with E-state index in [1.807, 2.05) is 12.1 Å². The Balaban J connectivity index is 1.49. The summed E-state index contributed by atoms with van der Waals surface area (Å²) in [6, 6.07) is 6.05. The quantitative estimate of drug-likeness (QED) is 0.868. The third kappa shape index (κ3) is 2.93. The number of rotatable bonds is 3. The van der Waals surface area contributed by atoms with Crippen LogP contribution in [0.25, 0.3) is 0 Å². The van der Waals surface area contributed by atoms with E-state index >= 15 is 0 Å². The molecule has 5 nitrogen and oxygen atoms in total. The Labute approximate surface area is 135 Å². The van der Waals surface area contributed by atoms with Crippen LogP contribution in [0.15, 0.2) is 22.7 Å². The highest BCUT2D eigenvalue weighted by atomic mass is 16.5. The fourth-order valence-electron chi connectivity index (χ4n) is 3.06. The third-order valence-electron chi connectivity index (χ3n) is 4.47. The van der Waals surface area contributed by atoms with Gasteiger partial charge >= 0.3 is 0 Å². The zero-order valence-electron chi connectivity index (χ0n) is 13.6.